The normalized spacial score (nSPS) is 21.3. The fourth-order valence-electron chi connectivity index (χ4n) is 4.89. The topological polar surface area (TPSA) is 62.2 Å². The summed E-state index contributed by atoms with van der Waals surface area (Å²) in [5.41, 5.74) is 2.80. The summed E-state index contributed by atoms with van der Waals surface area (Å²) >= 11 is 0. The number of nitrogens with zero attached hydrogens (tertiary/aromatic N) is 4. The van der Waals surface area contributed by atoms with E-state index in [-0.39, 0.29) is 4.65 Å². The van der Waals surface area contributed by atoms with Crippen LogP contribution in [-0.2, 0) is 14.4 Å². The minimum absolute atomic E-state index is 0.264. The van der Waals surface area contributed by atoms with Crippen LogP contribution in [0.5, 0.6) is 0 Å². The van der Waals surface area contributed by atoms with Crippen LogP contribution in [0.25, 0.3) is 10.8 Å². The smallest absolute Gasteiger partial charge is 0.312 e. The van der Waals surface area contributed by atoms with Gasteiger partial charge in [-0.05, 0) is 29.7 Å². The van der Waals surface area contributed by atoms with Crippen LogP contribution in [0.4, 0.5) is 17.1 Å². The number of para-hydroxylation sites is 1. The van der Waals surface area contributed by atoms with Crippen molar-refractivity contribution < 1.29 is 12.7 Å². The molecule has 3 aromatic carbocycles. The number of hydrogen-bond acceptors (Lipinski definition) is 6. The number of anilines is 1. The van der Waals surface area contributed by atoms with Crippen LogP contribution in [0.3, 0.4) is 0 Å². The van der Waals surface area contributed by atoms with Crippen molar-refractivity contribution >= 4 is 43.8 Å². The van der Waals surface area contributed by atoms with Gasteiger partial charge in [-0.2, -0.15) is 13.4 Å². The van der Waals surface area contributed by atoms with Crippen LogP contribution < -0.4 is 9.55 Å². The Labute approximate surface area is 195 Å². The monoisotopic (exact) mass is 465 g/mol. The highest BCUT2D eigenvalue weighted by molar-refractivity contribution is 7.86. The predicted octanol–water partition coefficient (Wildman–Crippen LogP) is 3.92. The molecule has 172 valence electrons. The summed E-state index contributed by atoms with van der Waals surface area (Å²) in [4.78, 5) is 9.66. The standard InChI is InChI=1S/C25H29N4O3S/c1-29(32-33(2,30)31)24(26-23-13-12-20-8-6-7-11-22(20)25(23)29)14-15-27-16-18-28(19-17-27)21-9-4-3-5-10-21/h3-13H,14-19H2,1-2H3/q+1. The number of hydroxylamine groups is 2. The molecule has 0 aromatic heterocycles. The first-order valence-electron chi connectivity index (χ1n) is 11.2. The molecule has 0 spiro atoms. The lowest BCUT2D eigenvalue weighted by Crippen LogP contribution is -2.52. The maximum atomic E-state index is 12.3. The Morgan fingerprint density at radius 2 is 1.64 bits per heavy atom. The molecule has 0 aliphatic carbocycles. The van der Waals surface area contributed by atoms with E-state index >= 15 is 0 Å². The van der Waals surface area contributed by atoms with Gasteiger partial charge in [0.1, 0.15) is 12.7 Å². The molecule has 7 nitrogen and oxygen atoms in total. The van der Waals surface area contributed by atoms with Crippen molar-refractivity contribution in [1.82, 2.24) is 9.55 Å². The second kappa shape index (κ2) is 8.53. The van der Waals surface area contributed by atoms with Crippen LogP contribution in [-0.4, -0.2) is 65.2 Å². The second-order valence-electron chi connectivity index (χ2n) is 8.80. The van der Waals surface area contributed by atoms with E-state index in [2.05, 4.69) is 34.1 Å². The maximum absolute atomic E-state index is 12.3. The minimum atomic E-state index is -3.72. The van der Waals surface area contributed by atoms with E-state index in [9.17, 15) is 8.42 Å². The molecule has 8 heteroatoms. The highest BCUT2D eigenvalue weighted by Gasteiger charge is 2.46. The third-order valence-corrected chi connectivity index (χ3v) is 7.05. The second-order valence-corrected chi connectivity index (χ2v) is 10.4. The van der Waals surface area contributed by atoms with Crippen LogP contribution in [0.1, 0.15) is 6.42 Å². The van der Waals surface area contributed by atoms with Gasteiger partial charge in [-0.15, -0.1) is 0 Å². The molecule has 3 aromatic rings. The van der Waals surface area contributed by atoms with Gasteiger partial charge in [0.2, 0.25) is 11.5 Å². The molecule has 0 amide bonds. The molecule has 0 bridgehead atoms. The van der Waals surface area contributed by atoms with Crippen molar-refractivity contribution in [3.63, 3.8) is 0 Å². The molecular formula is C25H29N4O3S+. The average Bonchev–Trinajstić information content (AvgIpc) is 3.08. The van der Waals surface area contributed by atoms with Crippen molar-refractivity contribution in [2.45, 2.75) is 6.42 Å². The largest absolute Gasteiger partial charge is 0.369 e. The van der Waals surface area contributed by atoms with Crippen molar-refractivity contribution in [3.8, 4) is 0 Å². The number of fused-ring (bicyclic) bond motifs is 3. The van der Waals surface area contributed by atoms with Gasteiger partial charge < -0.3 is 4.90 Å². The molecule has 1 unspecified atom stereocenters. The Hall–Kier alpha value is -2.78. The summed E-state index contributed by atoms with van der Waals surface area (Å²) < 4.78 is 29.9. The van der Waals surface area contributed by atoms with Crippen LogP contribution >= 0.6 is 0 Å². The van der Waals surface area contributed by atoms with E-state index in [4.69, 9.17) is 9.28 Å². The van der Waals surface area contributed by atoms with Crippen molar-refractivity contribution in [2.24, 2.45) is 4.99 Å². The Kier molecular flexibility index (Phi) is 5.70. The van der Waals surface area contributed by atoms with Gasteiger partial charge in [0.05, 0.1) is 12.7 Å². The molecule has 33 heavy (non-hydrogen) atoms. The zero-order valence-corrected chi connectivity index (χ0v) is 19.8. The van der Waals surface area contributed by atoms with Crippen LogP contribution in [0.2, 0.25) is 0 Å². The third kappa shape index (κ3) is 4.39. The van der Waals surface area contributed by atoms with E-state index in [1.165, 1.54) is 5.69 Å². The zero-order chi connectivity index (χ0) is 23.1. The van der Waals surface area contributed by atoms with Gasteiger partial charge in [0.25, 0.3) is 0 Å². The Bertz CT molecular complexity index is 1300. The predicted molar refractivity (Wildman–Crippen MR) is 134 cm³/mol. The molecule has 1 atom stereocenters. The van der Waals surface area contributed by atoms with E-state index in [1.54, 1.807) is 7.05 Å². The number of rotatable bonds is 6. The Morgan fingerprint density at radius 3 is 2.36 bits per heavy atom. The van der Waals surface area contributed by atoms with Crippen molar-refractivity contribution in [1.29, 1.82) is 0 Å². The minimum Gasteiger partial charge on any atom is -0.369 e. The molecular weight excluding hydrogens is 436 g/mol. The summed E-state index contributed by atoms with van der Waals surface area (Å²) in [5, 5.41) is 1.99. The van der Waals surface area contributed by atoms with Gasteiger partial charge in [0, 0.05) is 43.8 Å². The summed E-state index contributed by atoms with van der Waals surface area (Å²) in [6.45, 7) is 4.64. The first-order valence-corrected chi connectivity index (χ1v) is 13.1. The van der Waals surface area contributed by atoms with Crippen LogP contribution in [0, 0.1) is 0 Å². The molecule has 1 fully saturated rings. The average molecular weight is 466 g/mol. The molecule has 0 radical (unpaired) electrons. The Balaban J connectivity index is 1.35. The lowest BCUT2D eigenvalue weighted by Gasteiger charge is -2.36. The molecule has 2 aliphatic rings. The van der Waals surface area contributed by atoms with Gasteiger partial charge in [-0.25, -0.2) is 0 Å². The van der Waals surface area contributed by atoms with E-state index in [0.29, 0.717) is 12.3 Å². The number of aliphatic imine (C=N–C) groups is 1. The summed E-state index contributed by atoms with van der Waals surface area (Å²) in [6, 6.07) is 22.4. The van der Waals surface area contributed by atoms with Gasteiger partial charge in [-0.1, -0.05) is 51.4 Å². The first kappa shape index (κ1) is 22.0. The van der Waals surface area contributed by atoms with Crippen LogP contribution in [0.15, 0.2) is 71.7 Å². The SMILES string of the molecule is C[N+]1(OS(C)(=O)=O)C(CCN2CCN(c3ccccc3)CC2)=Nc2ccc3ccccc3c21. The number of quaternary nitrogens is 1. The molecule has 2 aliphatic heterocycles. The zero-order valence-electron chi connectivity index (χ0n) is 19.0. The highest BCUT2D eigenvalue weighted by atomic mass is 32.2. The summed E-state index contributed by atoms with van der Waals surface area (Å²) in [7, 11) is -1.94. The third-order valence-electron chi connectivity index (χ3n) is 6.48. The molecule has 5 rings (SSSR count). The van der Waals surface area contributed by atoms with E-state index in [0.717, 1.165) is 61.1 Å². The number of benzene rings is 3. The molecule has 2 heterocycles. The quantitative estimate of drug-likeness (QED) is 0.517. The molecule has 1 saturated heterocycles. The summed E-state index contributed by atoms with van der Waals surface area (Å²) in [5.74, 6) is 0.706. The van der Waals surface area contributed by atoms with Crippen molar-refractivity contribution in [2.75, 3.05) is 50.9 Å². The van der Waals surface area contributed by atoms with Gasteiger partial charge >= 0.3 is 10.1 Å². The maximum Gasteiger partial charge on any atom is 0.312 e. The lowest BCUT2D eigenvalue weighted by molar-refractivity contribution is 0.0654. The lowest BCUT2D eigenvalue weighted by atomic mass is 10.1. The number of piperazine rings is 1. The van der Waals surface area contributed by atoms with Gasteiger partial charge in [-0.3, -0.25) is 4.90 Å². The molecule has 0 saturated carbocycles. The van der Waals surface area contributed by atoms with Crippen molar-refractivity contribution in [3.05, 3.63) is 66.7 Å². The summed E-state index contributed by atoms with van der Waals surface area (Å²) in [6.07, 6.45) is 1.72. The fourth-order valence-corrected chi connectivity index (χ4v) is 5.59. The molecule has 0 N–H and O–H groups in total. The number of hydrogen-bond donors (Lipinski definition) is 0. The van der Waals surface area contributed by atoms with Gasteiger partial charge in [0.15, 0.2) is 0 Å². The number of amidine groups is 1. The highest BCUT2D eigenvalue weighted by Crippen LogP contribution is 2.46. The first-order chi connectivity index (χ1) is 15.8. The fraction of sp³-hybridized carbons (Fsp3) is 0.320. The van der Waals surface area contributed by atoms with E-state index < -0.39 is 10.1 Å². The Morgan fingerprint density at radius 1 is 0.939 bits per heavy atom. The van der Waals surface area contributed by atoms with E-state index in [1.807, 2.05) is 42.5 Å².